The van der Waals surface area contributed by atoms with Crippen LogP contribution in [0.15, 0.2) is 22.5 Å². The second-order valence-corrected chi connectivity index (χ2v) is 9.34. The molecule has 0 N–H and O–H groups in total. The Balaban J connectivity index is 1.70. The van der Waals surface area contributed by atoms with E-state index in [0.717, 1.165) is 42.1 Å². The number of nitrogens with zero attached hydrogens (tertiary/aromatic N) is 4. The number of benzene rings is 1. The number of carbonyl (C=O) groups is 1. The minimum Gasteiger partial charge on any atom is -0.366 e. The lowest BCUT2D eigenvalue weighted by molar-refractivity contribution is 0.0691. The third kappa shape index (κ3) is 5.48. The van der Waals surface area contributed by atoms with E-state index in [2.05, 4.69) is 47.8 Å². The van der Waals surface area contributed by atoms with Crippen molar-refractivity contribution in [2.75, 3.05) is 20.6 Å². The van der Waals surface area contributed by atoms with Gasteiger partial charge in [-0.15, -0.1) is 11.3 Å². The van der Waals surface area contributed by atoms with Crippen LogP contribution in [0.5, 0.6) is 0 Å². The van der Waals surface area contributed by atoms with E-state index in [4.69, 9.17) is 0 Å². The van der Waals surface area contributed by atoms with Gasteiger partial charge in [0.2, 0.25) is 0 Å². The summed E-state index contributed by atoms with van der Waals surface area (Å²) in [6.45, 7) is 7.25. The highest BCUT2D eigenvalue weighted by molar-refractivity contribution is 7.09. The SMILES string of the molecule is CCN(C)C=Nc1cc(C)c(Cc2nc(C(=O)N(C)C3CCCCC3)cs2)cc1C. The first-order valence-corrected chi connectivity index (χ1v) is 11.8. The molecule has 162 valence electrons. The largest absolute Gasteiger partial charge is 0.366 e. The molecule has 6 heteroatoms. The Hall–Kier alpha value is -2.21. The molecule has 5 nitrogen and oxygen atoms in total. The second kappa shape index (κ2) is 10.2. The summed E-state index contributed by atoms with van der Waals surface area (Å²) in [6, 6.07) is 4.70. The lowest BCUT2D eigenvalue weighted by Crippen LogP contribution is -2.38. The lowest BCUT2D eigenvalue weighted by atomic mass is 9.94. The number of aliphatic imine (C=N–C) groups is 1. The molecule has 1 aliphatic rings. The van der Waals surface area contributed by atoms with Crippen LogP contribution in [0.2, 0.25) is 0 Å². The highest BCUT2D eigenvalue weighted by atomic mass is 32.1. The zero-order valence-corrected chi connectivity index (χ0v) is 19.8. The van der Waals surface area contributed by atoms with Crippen molar-refractivity contribution in [1.82, 2.24) is 14.8 Å². The highest BCUT2D eigenvalue weighted by Crippen LogP contribution is 2.27. The quantitative estimate of drug-likeness (QED) is 0.442. The van der Waals surface area contributed by atoms with E-state index in [1.165, 1.54) is 30.4 Å². The van der Waals surface area contributed by atoms with Crippen LogP contribution in [-0.4, -0.2) is 53.7 Å². The zero-order chi connectivity index (χ0) is 21.7. The van der Waals surface area contributed by atoms with E-state index in [1.54, 1.807) is 11.3 Å². The molecule has 30 heavy (non-hydrogen) atoms. The maximum Gasteiger partial charge on any atom is 0.273 e. The molecule has 1 aromatic carbocycles. The van der Waals surface area contributed by atoms with Crippen molar-refractivity contribution in [2.45, 2.75) is 65.3 Å². The smallest absolute Gasteiger partial charge is 0.273 e. The molecule has 1 heterocycles. The summed E-state index contributed by atoms with van der Waals surface area (Å²) < 4.78 is 0. The molecule has 1 fully saturated rings. The summed E-state index contributed by atoms with van der Waals surface area (Å²) in [7, 11) is 3.95. The maximum atomic E-state index is 12.9. The van der Waals surface area contributed by atoms with Crippen LogP contribution < -0.4 is 0 Å². The van der Waals surface area contributed by atoms with Crippen molar-refractivity contribution in [3.63, 3.8) is 0 Å². The van der Waals surface area contributed by atoms with E-state index < -0.39 is 0 Å². The molecule has 2 aromatic rings. The van der Waals surface area contributed by atoms with Gasteiger partial charge in [-0.3, -0.25) is 4.79 Å². The normalized spacial score (nSPS) is 15.0. The number of amides is 1. The van der Waals surface area contributed by atoms with Crippen molar-refractivity contribution < 1.29 is 4.79 Å². The predicted octanol–water partition coefficient (Wildman–Crippen LogP) is 5.37. The summed E-state index contributed by atoms with van der Waals surface area (Å²) in [5, 5.41) is 2.90. The molecule has 0 bridgehead atoms. The summed E-state index contributed by atoms with van der Waals surface area (Å²) in [6.07, 6.45) is 8.58. The Kier molecular flexibility index (Phi) is 7.64. The molecular formula is C24H34N4OS. The molecule has 0 radical (unpaired) electrons. The van der Waals surface area contributed by atoms with Crippen LogP contribution in [0, 0.1) is 13.8 Å². The molecule has 0 saturated heterocycles. The summed E-state index contributed by atoms with van der Waals surface area (Å²) >= 11 is 1.58. The van der Waals surface area contributed by atoms with Gasteiger partial charge in [0.1, 0.15) is 5.69 Å². The molecule has 3 rings (SSSR count). The number of aryl methyl sites for hydroxylation is 2. The first kappa shape index (κ1) is 22.5. The first-order chi connectivity index (χ1) is 14.4. The van der Waals surface area contributed by atoms with Crippen molar-refractivity contribution in [3.8, 4) is 0 Å². The van der Waals surface area contributed by atoms with Gasteiger partial charge in [-0.25, -0.2) is 9.98 Å². The van der Waals surface area contributed by atoms with Gasteiger partial charge in [0.25, 0.3) is 5.91 Å². The molecular weight excluding hydrogens is 392 g/mol. The van der Waals surface area contributed by atoms with Crippen molar-refractivity contribution in [2.24, 2.45) is 4.99 Å². The number of hydrogen-bond acceptors (Lipinski definition) is 4. The van der Waals surface area contributed by atoms with E-state index in [9.17, 15) is 4.79 Å². The zero-order valence-electron chi connectivity index (χ0n) is 18.9. The molecule has 0 unspecified atom stereocenters. The molecule has 1 aliphatic carbocycles. The third-order valence-electron chi connectivity index (χ3n) is 6.10. The topological polar surface area (TPSA) is 48.8 Å². The van der Waals surface area contributed by atoms with Crippen LogP contribution in [0.25, 0.3) is 0 Å². The van der Waals surface area contributed by atoms with E-state index >= 15 is 0 Å². The Morgan fingerprint density at radius 1 is 1.20 bits per heavy atom. The highest BCUT2D eigenvalue weighted by Gasteiger charge is 2.24. The summed E-state index contributed by atoms with van der Waals surface area (Å²) in [5.74, 6) is 0.0574. The van der Waals surface area contributed by atoms with Crippen LogP contribution in [0.4, 0.5) is 5.69 Å². The maximum absolute atomic E-state index is 12.9. The average molecular weight is 427 g/mol. The molecule has 1 saturated carbocycles. The predicted molar refractivity (Wildman–Crippen MR) is 126 cm³/mol. The molecule has 0 atom stereocenters. The molecule has 1 amide bonds. The van der Waals surface area contributed by atoms with Crippen molar-refractivity contribution >= 4 is 29.3 Å². The van der Waals surface area contributed by atoms with Gasteiger partial charge in [-0.2, -0.15) is 0 Å². The van der Waals surface area contributed by atoms with Gasteiger partial charge in [0, 0.05) is 38.5 Å². The third-order valence-corrected chi connectivity index (χ3v) is 6.95. The molecule has 0 aliphatic heterocycles. The van der Waals surface area contributed by atoms with Crippen molar-refractivity contribution in [1.29, 1.82) is 0 Å². The first-order valence-electron chi connectivity index (χ1n) is 10.9. The second-order valence-electron chi connectivity index (χ2n) is 8.39. The van der Waals surface area contributed by atoms with Crippen LogP contribution in [-0.2, 0) is 6.42 Å². The Bertz CT molecular complexity index is 899. The monoisotopic (exact) mass is 426 g/mol. The van der Waals surface area contributed by atoms with Gasteiger partial charge < -0.3 is 9.80 Å². The standard InChI is InChI=1S/C24H34N4OS/c1-6-27(4)16-25-21-13-17(2)19(12-18(21)3)14-23-26-22(15-30-23)24(29)28(5)20-10-8-7-9-11-20/h12-13,15-16,20H,6-11,14H2,1-5H3. The number of aromatic nitrogens is 1. The molecule has 1 aromatic heterocycles. The average Bonchev–Trinajstić information content (AvgIpc) is 3.22. The van der Waals surface area contributed by atoms with Gasteiger partial charge in [0.15, 0.2) is 0 Å². The Morgan fingerprint density at radius 2 is 1.93 bits per heavy atom. The Morgan fingerprint density at radius 3 is 2.63 bits per heavy atom. The fourth-order valence-corrected chi connectivity index (χ4v) is 4.69. The number of rotatable bonds is 7. The summed E-state index contributed by atoms with van der Waals surface area (Å²) in [4.78, 5) is 26.1. The minimum absolute atomic E-state index is 0.0574. The van der Waals surface area contributed by atoms with Crippen LogP contribution in [0.1, 0.15) is 71.2 Å². The number of thiazole rings is 1. The molecule has 0 spiro atoms. The van der Waals surface area contributed by atoms with Crippen LogP contribution >= 0.6 is 11.3 Å². The van der Waals surface area contributed by atoms with E-state index in [0.29, 0.717) is 11.7 Å². The fraction of sp³-hybridized carbons (Fsp3) is 0.542. The van der Waals surface area contributed by atoms with Gasteiger partial charge >= 0.3 is 0 Å². The van der Waals surface area contributed by atoms with E-state index in [1.807, 2.05) is 30.7 Å². The van der Waals surface area contributed by atoms with Gasteiger partial charge in [-0.05, 0) is 56.4 Å². The summed E-state index contributed by atoms with van der Waals surface area (Å²) in [5.41, 5.74) is 5.18. The fourth-order valence-electron chi connectivity index (χ4n) is 3.90. The lowest BCUT2D eigenvalue weighted by Gasteiger charge is -2.30. The number of carbonyl (C=O) groups excluding carboxylic acids is 1. The van der Waals surface area contributed by atoms with Crippen molar-refractivity contribution in [3.05, 3.63) is 44.9 Å². The minimum atomic E-state index is 0.0574. The van der Waals surface area contributed by atoms with Gasteiger partial charge in [-0.1, -0.05) is 25.3 Å². The van der Waals surface area contributed by atoms with E-state index in [-0.39, 0.29) is 5.91 Å². The van der Waals surface area contributed by atoms with Crippen LogP contribution in [0.3, 0.4) is 0 Å². The Labute approximate surface area is 184 Å². The van der Waals surface area contributed by atoms with Gasteiger partial charge in [0.05, 0.1) is 17.0 Å². The number of hydrogen-bond donors (Lipinski definition) is 0.